The van der Waals surface area contributed by atoms with Crippen LogP contribution in [0.3, 0.4) is 0 Å². The molecule has 0 heterocycles. The molecule has 6 nitrogen and oxygen atoms in total. The van der Waals surface area contributed by atoms with E-state index in [9.17, 15) is 4.79 Å². The van der Waals surface area contributed by atoms with Gasteiger partial charge in [-0.25, -0.2) is 0 Å². The third-order valence-electron chi connectivity index (χ3n) is 2.76. The average molecular weight is 267 g/mol. The molecule has 0 radical (unpaired) electrons. The number of nitrogen functional groups attached to an aromatic ring is 1. The summed E-state index contributed by atoms with van der Waals surface area (Å²) in [6, 6.07) is 5.09. The largest absolute Gasteiger partial charge is 0.497 e. The van der Waals surface area contributed by atoms with Crippen molar-refractivity contribution in [1.82, 2.24) is 4.90 Å². The second kappa shape index (κ2) is 7.60. The lowest BCUT2D eigenvalue weighted by atomic mass is 10.2. The first-order valence-electron chi connectivity index (χ1n) is 6.17. The topological polar surface area (TPSA) is 87.8 Å². The number of carbonyl (C=O) groups excluding carboxylic acids is 1. The molecule has 4 N–H and O–H groups in total. The van der Waals surface area contributed by atoms with Crippen molar-refractivity contribution in [2.75, 3.05) is 44.4 Å². The summed E-state index contributed by atoms with van der Waals surface area (Å²) in [7, 11) is 1.56. The van der Waals surface area contributed by atoms with Crippen molar-refractivity contribution in [2.24, 2.45) is 0 Å². The van der Waals surface area contributed by atoms with Gasteiger partial charge in [-0.2, -0.15) is 0 Å². The molecular formula is C13H21N3O3. The number of anilines is 2. The molecule has 1 aromatic rings. The summed E-state index contributed by atoms with van der Waals surface area (Å²) in [5.74, 6) is 0.484. The lowest BCUT2D eigenvalue weighted by Gasteiger charge is -2.18. The van der Waals surface area contributed by atoms with Crippen LogP contribution in [0.2, 0.25) is 0 Å². The first-order chi connectivity index (χ1) is 9.10. The molecule has 1 aromatic carbocycles. The van der Waals surface area contributed by atoms with Gasteiger partial charge in [0.2, 0.25) is 5.91 Å². The zero-order valence-corrected chi connectivity index (χ0v) is 11.3. The molecule has 0 atom stereocenters. The molecule has 19 heavy (non-hydrogen) atoms. The first-order valence-corrected chi connectivity index (χ1v) is 6.17. The van der Waals surface area contributed by atoms with Crippen LogP contribution < -0.4 is 15.8 Å². The van der Waals surface area contributed by atoms with Gasteiger partial charge < -0.3 is 20.9 Å². The molecule has 0 saturated carbocycles. The minimum absolute atomic E-state index is 0.0335. The normalized spacial score (nSPS) is 10.5. The van der Waals surface area contributed by atoms with E-state index < -0.39 is 0 Å². The molecule has 6 heteroatoms. The summed E-state index contributed by atoms with van der Waals surface area (Å²) in [5, 5.41) is 11.6. The standard InChI is InChI=1S/C13H21N3O3/c1-3-16(6-7-17)9-13(18)15-12-5-4-10(19-2)8-11(12)14/h4-5,8,17H,3,6-7,9,14H2,1-2H3,(H,15,18). The van der Waals surface area contributed by atoms with Crippen LogP contribution in [0, 0.1) is 0 Å². The van der Waals surface area contributed by atoms with E-state index in [1.165, 1.54) is 0 Å². The summed E-state index contributed by atoms with van der Waals surface area (Å²) in [4.78, 5) is 13.7. The van der Waals surface area contributed by atoms with Crippen LogP contribution in [0.5, 0.6) is 5.75 Å². The predicted molar refractivity (Wildman–Crippen MR) is 75.2 cm³/mol. The van der Waals surface area contributed by atoms with Gasteiger partial charge in [-0.3, -0.25) is 9.69 Å². The first kappa shape index (κ1) is 15.3. The van der Waals surface area contributed by atoms with Crippen LogP contribution in [0.1, 0.15) is 6.92 Å². The van der Waals surface area contributed by atoms with Crippen molar-refractivity contribution >= 4 is 17.3 Å². The van der Waals surface area contributed by atoms with Crippen LogP contribution >= 0.6 is 0 Å². The second-order valence-electron chi connectivity index (χ2n) is 4.09. The number of aliphatic hydroxyl groups excluding tert-OH is 1. The average Bonchev–Trinajstić information content (AvgIpc) is 2.40. The van der Waals surface area contributed by atoms with E-state index in [2.05, 4.69) is 5.32 Å². The summed E-state index contributed by atoms with van der Waals surface area (Å²) in [6.45, 7) is 3.37. The molecule has 0 aromatic heterocycles. The van der Waals surface area contributed by atoms with Gasteiger partial charge in [0.15, 0.2) is 0 Å². The third-order valence-corrected chi connectivity index (χ3v) is 2.76. The summed E-state index contributed by atoms with van der Waals surface area (Å²) in [6.07, 6.45) is 0. The Balaban J connectivity index is 2.61. The van der Waals surface area contributed by atoms with Crippen molar-refractivity contribution < 1.29 is 14.6 Å². The van der Waals surface area contributed by atoms with Gasteiger partial charge in [0, 0.05) is 12.6 Å². The lowest BCUT2D eigenvalue weighted by Crippen LogP contribution is -2.35. The van der Waals surface area contributed by atoms with E-state index in [0.29, 0.717) is 30.2 Å². The highest BCUT2D eigenvalue weighted by Gasteiger charge is 2.10. The monoisotopic (exact) mass is 267 g/mol. The number of amides is 1. The Morgan fingerprint density at radius 1 is 1.53 bits per heavy atom. The third kappa shape index (κ3) is 4.76. The molecule has 0 saturated heterocycles. The predicted octanol–water partition coefficient (Wildman–Crippen LogP) is 0.530. The number of nitrogens with zero attached hydrogens (tertiary/aromatic N) is 1. The molecule has 0 unspecified atom stereocenters. The van der Waals surface area contributed by atoms with Gasteiger partial charge in [0.25, 0.3) is 0 Å². The van der Waals surface area contributed by atoms with Crippen molar-refractivity contribution in [3.8, 4) is 5.75 Å². The van der Waals surface area contributed by atoms with Crippen molar-refractivity contribution in [2.45, 2.75) is 6.92 Å². The minimum Gasteiger partial charge on any atom is -0.497 e. The molecule has 1 rings (SSSR count). The molecular weight excluding hydrogens is 246 g/mol. The fourth-order valence-electron chi connectivity index (χ4n) is 1.66. The number of ether oxygens (including phenoxy) is 1. The fraction of sp³-hybridized carbons (Fsp3) is 0.462. The van der Waals surface area contributed by atoms with Gasteiger partial charge in [-0.15, -0.1) is 0 Å². The number of carbonyl (C=O) groups is 1. The zero-order chi connectivity index (χ0) is 14.3. The summed E-state index contributed by atoms with van der Waals surface area (Å²) < 4.78 is 5.04. The number of benzene rings is 1. The van der Waals surface area contributed by atoms with E-state index in [1.54, 1.807) is 25.3 Å². The number of nitrogens with one attached hydrogen (secondary N) is 1. The van der Waals surface area contributed by atoms with Crippen LogP contribution in [0.15, 0.2) is 18.2 Å². The number of rotatable bonds is 7. The molecule has 0 aliphatic carbocycles. The Morgan fingerprint density at radius 2 is 2.26 bits per heavy atom. The van der Waals surface area contributed by atoms with E-state index in [1.807, 2.05) is 11.8 Å². The van der Waals surface area contributed by atoms with Crippen molar-refractivity contribution in [3.05, 3.63) is 18.2 Å². The van der Waals surface area contributed by atoms with Crippen molar-refractivity contribution in [3.63, 3.8) is 0 Å². The maximum absolute atomic E-state index is 11.8. The smallest absolute Gasteiger partial charge is 0.238 e. The van der Waals surface area contributed by atoms with Gasteiger partial charge in [-0.1, -0.05) is 6.92 Å². The Morgan fingerprint density at radius 3 is 2.79 bits per heavy atom. The van der Waals surface area contributed by atoms with E-state index >= 15 is 0 Å². The number of nitrogens with two attached hydrogens (primary N) is 1. The fourth-order valence-corrected chi connectivity index (χ4v) is 1.66. The van der Waals surface area contributed by atoms with Gasteiger partial charge in [0.1, 0.15) is 5.75 Å². The quantitative estimate of drug-likeness (QED) is 0.627. The van der Waals surface area contributed by atoms with Gasteiger partial charge >= 0.3 is 0 Å². The van der Waals surface area contributed by atoms with Gasteiger partial charge in [0.05, 0.1) is 31.6 Å². The van der Waals surface area contributed by atoms with Crippen LogP contribution in [-0.4, -0.2) is 49.3 Å². The second-order valence-corrected chi connectivity index (χ2v) is 4.09. The maximum Gasteiger partial charge on any atom is 0.238 e. The van der Waals surface area contributed by atoms with E-state index in [0.717, 1.165) is 0 Å². The van der Waals surface area contributed by atoms with Crippen LogP contribution in [0.4, 0.5) is 11.4 Å². The Labute approximate surface area is 113 Å². The minimum atomic E-state index is -0.160. The molecule has 106 valence electrons. The van der Waals surface area contributed by atoms with Crippen LogP contribution in [-0.2, 0) is 4.79 Å². The number of hydrogen-bond acceptors (Lipinski definition) is 5. The van der Waals surface area contributed by atoms with Crippen LogP contribution in [0.25, 0.3) is 0 Å². The number of aliphatic hydroxyl groups is 1. The van der Waals surface area contributed by atoms with Gasteiger partial charge in [-0.05, 0) is 18.7 Å². The number of hydrogen-bond donors (Lipinski definition) is 3. The highest BCUT2D eigenvalue weighted by Crippen LogP contribution is 2.23. The number of likely N-dealkylation sites (N-methyl/N-ethyl adjacent to an activating group) is 1. The lowest BCUT2D eigenvalue weighted by molar-refractivity contribution is -0.117. The van der Waals surface area contributed by atoms with Crippen molar-refractivity contribution in [1.29, 1.82) is 0 Å². The van der Waals surface area contributed by atoms with E-state index in [4.69, 9.17) is 15.6 Å². The van der Waals surface area contributed by atoms with E-state index in [-0.39, 0.29) is 19.1 Å². The Hall–Kier alpha value is -1.79. The molecule has 0 bridgehead atoms. The Bertz CT molecular complexity index is 424. The molecule has 1 amide bonds. The highest BCUT2D eigenvalue weighted by molar-refractivity contribution is 5.95. The SMILES string of the molecule is CCN(CCO)CC(=O)Nc1ccc(OC)cc1N. The maximum atomic E-state index is 11.8. The molecule has 0 fully saturated rings. The summed E-state index contributed by atoms with van der Waals surface area (Å²) >= 11 is 0. The zero-order valence-electron chi connectivity index (χ0n) is 11.3. The summed E-state index contributed by atoms with van der Waals surface area (Å²) in [5.41, 5.74) is 6.84. The number of methoxy groups -OCH3 is 1. The molecule has 0 aliphatic heterocycles. The highest BCUT2D eigenvalue weighted by atomic mass is 16.5. The molecule has 0 aliphatic rings. The Kier molecular flexibility index (Phi) is 6.11. The molecule has 0 spiro atoms.